The number of nitrogens with one attached hydrogen (secondary N) is 1. The Morgan fingerprint density at radius 2 is 2.50 bits per heavy atom. The minimum Gasteiger partial charge on any atom is -0.476 e. The van der Waals surface area contributed by atoms with E-state index in [1.807, 2.05) is 0 Å². The van der Waals surface area contributed by atoms with Crippen LogP contribution in [0, 0.1) is 10.1 Å². The fourth-order valence-corrected chi connectivity index (χ4v) is 1.65. The molecule has 1 saturated heterocycles. The van der Waals surface area contributed by atoms with Crippen LogP contribution in [-0.4, -0.2) is 29.1 Å². The Morgan fingerprint density at radius 1 is 1.62 bits per heavy atom. The van der Waals surface area contributed by atoms with Crippen molar-refractivity contribution in [1.29, 1.82) is 0 Å². The van der Waals surface area contributed by atoms with Crippen molar-refractivity contribution >= 4 is 5.69 Å². The van der Waals surface area contributed by atoms with E-state index >= 15 is 0 Å². The molecule has 0 saturated carbocycles. The van der Waals surface area contributed by atoms with E-state index in [4.69, 9.17) is 4.74 Å². The minimum atomic E-state index is -0.477. The van der Waals surface area contributed by atoms with Crippen molar-refractivity contribution in [1.82, 2.24) is 10.3 Å². The second kappa shape index (κ2) is 4.89. The van der Waals surface area contributed by atoms with Crippen LogP contribution < -0.4 is 10.1 Å². The van der Waals surface area contributed by atoms with E-state index in [1.54, 1.807) is 0 Å². The maximum atomic E-state index is 10.4. The predicted molar refractivity (Wildman–Crippen MR) is 57.4 cm³/mol. The van der Waals surface area contributed by atoms with E-state index in [9.17, 15) is 10.1 Å². The fourth-order valence-electron chi connectivity index (χ4n) is 1.65. The van der Waals surface area contributed by atoms with Gasteiger partial charge in [0.25, 0.3) is 5.69 Å². The number of nitrogens with zero attached hydrogens (tertiary/aromatic N) is 2. The molecule has 0 aromatic carbocycles. The van der Waals surface area contributed by atoms with Gasteiger partial charge < -0.3 is 10.1 Å². The first-order chi connectivity index (χ1) is 7.75. The highest BCUT2D eigenvalue weighted by Crippen LogP contribution is 2.14. The molecule has 0 unspecified atom stereocenters. The van der Waals surface area contributed by atoms with E-state index < -0.39 is 4.92 Å². The highest BCUT2D eigenvalue weighted by Gasteiger charge is 2.14. The highest BCUT2D eigenvalue weighted by molar-refractivity contribution is 5.28. The number of nitro groups is 1. The summed E-state index contributed by atoms with van der Waals surface area (Å²) in [5, 5.41) is 13.7. The molecular formula is C10H13N3O3. The molecule has 0 radical (unpaired) electrons. The summed E-state index contributed by atoms with van der Waals surface area (Å²) in [7, 11) is 0. The van der Waals surface area contributed by atoms with Crippen molar-refractivity contribution in [3.8, 4) is 5.88 Å². The third-order valence-corrected chi connectivity index (χ3v) is 2.53. The summed E-state index contributed by atoms with van der Waals surface area (Å²) in [5.74, 6) is 0.430. The monoisotopic (exact) mass is 223 g/mol. The summed E-state index contributed by atoms with van der Waals surface area (Å²) in [6, 6.07) is 3.29. The van der Waals surface area contributed by atoms with Crippen LogP contribution in [-0.2, 0) is 0 Å². The molecule has 16 heavy (non-hydrogen) atoms. The van der Waals surface area contributed by atoms with Crippen molar-refractivity contribution in [3.05, 3.63) is 28.4 Å². The lowest BCUT2D eigenvalue weighted by molar-refractivity contribution is -0.385. The van der Waals surface area contributed by atoms with E-state index in [2.05, 4.69) is 10.3 Å². The SMILES string of the molecule is O=[N+]([O-])c1ccc(OC[C@H]2CCCN2)nc1. The van der Waals surface area contributed by atoms with Gasteiger partial charge in [-0.15, -0.1) is 0 Å². The van der Waals surface area contributed by atoms with E-state index in [-0.39, 0.29) is 5.69 Å². The van der Waals surface area contributed by atoms with Gasteiger partial charge in [-0.3, -0.25) is 10.1 Å². The van der Waals surface area contributed by atoms with Crippen LogP contribution in [0.25, 0.3) is 0 Å². The average Bonchev–Trinajstić information content (AvgIpc) is 2.80. The molecular weight excluding hydrogens is 210 g/mol. The summed E-state index contributed by atoms with van der Waals surface area (Å²) in [6.07, 6.45) is 3.48. The first-order valence-electron chi connectivity index (χ1n) is 5.22. The molecule has 0 bridgehead atoms. The van der Waals surface area contributed by atoms with Crippen LogP contribution in [0.2, 0.25) is 0 Å². The third kappa shape index (κ3) is 2.66. The minimum absolute atomic E-state index is 0.0219. The Hall–Kier alpha value is -1.69. The van der Waals surface area contributed by atoms with E-state index in [0.717, 1.165) is 13.0 Å². The summed E-state index contributed by atoms with van der Waals surface area (Å²) in [5.41, 5.74) is -0.0219. The molecule has 2 heterocycles. The second-order valence-electron chi connectivity index (χ2n) is 3.72. The molecule has 6 heteroatoms. The van der Waals surface area contributed by atoms with Gasteiger partial charge in [-0.25, -0.2) is 4.98 Å². The highest BCUT2D eigenvalue weighted by atomic mass is 16.6. The number of rotatable bonds is 4. The summed E-state index contributed by atoms with van der Waals surface area (Å²) in [4.78, 5) is 13.8. The Labute approximate surface area is 92.8 Å². The van der Waals surface area contributed by atoms with Gasteiger partial charge in [-0.05, 0) is 19.4 Å². The maximum Gasteiger partial charge on any atom is 0.287 e. The number of pyridine rings is 1. The van der Waals surface area contributed by atoms with E-state index in [0.29, 0.717) is 18.5 Å². The van der Waals surface area contributed by atoms with Crippen molar-refractivity contribution < 1.29 is 9.66 Å². The average molecular weight is 223 g/mol. The molecule has 1 aliphatic heterocycles. The molecule has 0 spiro atoms. The lowest BCUT2D eigenvalue weighted by Gasteiger charge is -2.10. The van der Waals surface area contributed by atoms with Crippen LogP contribution in [0.5, 0.6) is 5.88 Å². The Morgan fingerprint density at radius 3 is 3.06 bits per heavy atom. The second-order valence-corrected chi connectivity index (χ2v) is 3.72. The molecule has 1 aromatic heterocycles. The molecule has 1 atom stereocenters. The predicted octanol–water partition coefficient (Wildman–Crippen LogP) is 1.12. The molecule has 0 amide bonds. The van der Waals surface area contributed by atoms with Crippen molar-refractivity contribution in [2.24, 2.45) is 0 Å². The first kappa shape index (κ1) is 10.8. The van der Waals surface area contributed by atoms with Gasteiger partial charge in [0.2, 0.25) is 5.88 Å². The van der Waals surface area contributed by atoms with E-state index in [1.165, 1.54) is 24.8 Å². The largest absolute Gasteiger partial charge is 0.476 e. The molecule has 1 fully saturated rings. The molecule has 6 nitrogen and oxygen atoms in total. The summed E-state index contributed by atoms with van der Waals surface area (Å²) in [6.45, 7) is 1.59. The third-order valence-electron chi connectivity index (χ3n) is 2.53. The number of ether oxygens (including phenoxy) is 1. The number of aromatic nitrogens is 1. The van der Waals surface area contributed by atoms with Gasteiger partial charge in [-0.2, -0.15) is 0 Å². The maximum absolute atomic E-state index is 10.4. The first-order valence-corrected chi connectivity index (χ1v) is 5.22. The molecule has 1 N–H and O–H groups in total. The molecule has 86 valence electrons. The lowest BCUT2D eigenvalue weighted by Crippen LogP contribution is -2.28. The zero-order chi connectivity index (χ0) is 11.4. The molecule has 0 aliphatic carbocycles. The van der Waals surface area contributed by atoms with Crippen LogP contribution in [0.4, 0.5) is 5.69 Å². The van der Waals surface area contributed by atoms with Gasteiger partial charge >= 0.3 is 0 Å². The molecule has 1 aromatic rings. The van der Waals surface area contributed by atoms with Crippen LogP contribution in [0.3, 0.4) is 0 Å². The standard InChI is InChI=1S/C10H13N3O3/c14-13(15)9-3-4-10(12-6-9)16-7-8-2-1-5-11-8/h3-4,6,8,11H,1-2,5,7H2/t8-/m1/s1. The number of hydrogen-bond donors (Lipinski definition) is 1. The smallest absolute Gasteiger partial charge is 0.287 e. The van der Waals surface area contributed by atoms with Crippen molar-refractivity contribution in [3.63, 3.8) is 0 Å². The van der Waals surface area contributed by atoms with Crippen molar-refractivity contribution in [2.45, 2.75) is 18.9 Å². The van der Waals surface area contributed by atoms with Crippen LogP contribution in [0.1, 0.15) is 12.8 Å². The Balaban J connectivity index is 1.87. The number of hydrogen-bond acceptors (Lipinski definition) is 5. The van der Waals surface area contributed by atoms with Crippen molar-refractivity contribution in [2.75, 3.05) is 13.2 Å². The summed E-state index contributed by atoms with van der Waals surface area (Å²) >= 11 is 0. The van der Waals surface area contributed by atoms with Gasteiger partial charge in [0.1, 0.15) is 12.8 Å². The molecule has 2 rings (SSSR count). The van der Waals surface area contributed by atoms with Gasteiger partial charge in [0.15, 0.2) is 0 Å². The normalized spacial score (nSPS) is 19.6. The molecule has 1 aliphatic rings. The summed E-state index contributed by atoms with van der Waals surface area (Å²) < 4.78 is 5.43. The fraction of sp³-hybridized carbons (Fsp3) is 0.500. The van der Waals surface area contributed by atoms with Crippen LogP contribution >= 0.6 is 0 Å². The van der Waals surface area contributed by atoms with Gasteiger partial charge in [0.05, 0.1) is 4.92 Å². The Bertz CT molecular complexity index is 360. The zero-order valence-electron chi connectivity index (χ0n) is 8.76. The van der Waals surface area contributed by atoms with Gasteiger partial charge in [-0.1, -0.05) is 0 Å². The van der Waals surface area contributed by atoms with Crippen LogP contribution in [0.15, 0.2) is 18.3 Å². The lowest BCUT2D eigenvalue weighted by atomic mass is 10.2. The zero-order valence-corrected chi connectivity index (χ0v) is 8.76. The quantitative estimate of drug-likeness (QED) is 0.611. The van der Waals surface area contributed by atoms with Gasteiger partial charge in [0, 0.05) is 18.2 Å². The topological polar surface area (TPSA) is 77.3 Å². The Kier molecular flexibility index (Phi) is 3.31.